The van der Waals surface area contributed by atoms with Crippen LogP contribution in [-0.2, 0) is 19.1 Å². The SMILES string of the molecule is C=C1C(=O)O[C@@H]2[C@H]1[C@@H](OC(C)=O)CC(=C)[C@@H]1CC[C@@](C)(O)[C@H]21. The summed E-state index contributed by atoms with van der Waals surface area (Å²) in [5.74, 6) is -1.42. The third kappa shape index (κ3) is 2.19. The predicted octanol–water partition coefficient (Wildman–Crippen LogP) is 1.75. The van der Waals surface area contributed by atoms with Gasteiger partial charge in [-0.05, 0) is 25.7 Å². The molecule has 0 aromatic heterocycles. The Labute approximate surface area is 130 Å². The lowest BCUT2D eigenvalue weighted by atomic mass is 9.77. The molecule has 22 heavy (non-hydrogen) atoms. The van der Waals surface area contributed by atoms with Crippen molar-refractivity contribution in [2.24, 2.45) is 17.8 Å². The van der Waals surface area contributed by atoms with E-state index in [1.54, 1.807) is 6.92 Å². The van der Waals surface area contributed by atoms with E-state index in [-0.39, 0.29) is 11.8 Å². The quantitative estimate of drug-likeness (QED) is 0.454. The third-order valence-electron chi connectivity index (χ3n) is 5.43. The van der Waals surface area contributed by atoms with Gasteiger partial charge in [-0.1, -0.05) is 18.7 Å². The molecule has 1 N–H and O–H groups in total. The molecule has 0 aromatic rings. The Kier molecular flexibility index (Phi) is 3.44. The van der Waals surface area contributed by atoms with Gasteiger partial charge < -0.3 is 14.6 Å². The number of ether oxygens (including phenoxy) is 2. The number of fused-ring (bicyclic) bond motifs is 3. The molecule has 0 radical (unpaired) electrons. The van der Waals surface area contributed by atoms with Crippen LogP contribution in [0.2, 0.25) is 0 Å². The van der Waals surface area contributed by atoms with Crippen molar-refractivity contribution in [3.05, 3.63) is 24.3 Å². The Morgan fingerprint density at radius 1 is 1.45 bits per heavy atom. The highest BCUT2D eigenvalue weighted by Gasteiger charge is 2.59. The van der Waals surface area contributed by atoms with E-state index in [0.29, 0.717) is 18.4 Å². The highest BCUT2D eigenvalue weighted by Crippen LogP contribution is 2.54. The van der Waals surface area contributed by atoms with Crippen LogP contribution < -0.4 is 0 Å². The molecule has 2 saturated carbocycles. The number of esters is 2. The normalized spacial score (nSPS) is 44.1. The van der Waals surface area contributed by atoms with E-state index < -0.39 is 35.7 Å². The van der Waals surface area contributed by atoms with Crippen LogP contribution in [0.4, 0.5) is 0 Å². The lowest BCUT2D eigenvalue weighted by molar-refractivity contribution is -0.153. The summed E-state index contributed by atoms with van der Waals surface area (Å²) in [6.07, 6.45) is 0.915. The lowest BCUT2D eigenvalue weighted by Gasteiger charge is -2.34. The van der Waals surface area contributed by atoms with Crippen molar-refractivity contribution in [2.45, 2.75) is 50.9 Å². The molecule has 1 aliphatic heterocycles. The smallest absolute Gasteiger partial charge is 0.334 e. The average Bonchev–Trinajstić information content (AvgIpc) is 2.81. The van der Waals surface area contributed by atoms with Crippen molar-refractivity contribution < 1.29 is 24.2 Å². The number of carbonyl (C=O) groups excluding carboxylic acids is 2. The van der Waals surface area contributed by atoms with Gasteiger partial charge in [0.05, 0.1) is 11.5 Å². The second-order valence-corrected chi connectivity index (χ2v) is 6.96. The van der Waals surface area contributed by atoms with E-state index in [1.807, 2.05) is 0 Å². The summed E-state index contributed by atoms with van der Waals surface area (Å²) in [6.45, 7) is 11.1. The number of aliphatic hydroxyl groups is 1. The molecule has 0 bridgehead atoms. The minimum atomic E-state index is -0.924. The first-order chi connectivity index (χ1) is 10.2. The number of rotatable bonds is 1. The number of hydrogen-bond donors (Lipinski definition) is 1. The fraction of sp³-hybridized carbons (Fsp3) is 0.647. The first kappa shape index (κ1) is 15.3. The second-order valence-electron chi connectivity index (χ2n) is 6.96. The summed E-state index contributed by atoms with van der Waals surface area (Å²) < 4.78 is 11.0. The van der Waals surface area contributed by atoms with Crippen LogP contribution in [0.5, 0.6) is 0 Å². The monoisotopic (exact) mass is 306 g/mol. The predicted molar refractivity (Wildman–Crippen MR) is 78.7 cm³/mol. The molecule has 5 heteroatoms. The van der Waals surface area contributed by atoms with Crippen LogP contribution in [0.25, 0.3) is 0 Å². The Morgan fingerprint density at radius 2 is 2.14 bits per heavy atom. The highest BCUT2D eigenvalue weighted by molar-refractivity contribution is 5.91. The molecule has 120 valence electrons. The topological polar surface area (TPSA) is 72.8 Å². The van der Waals surface area contributed by atoms with Crippen LogP contribution in [0.3, 0.4) is 0 Å². The summed E-state index contributed by atoms with van der Waals surface area (Å²) >= 11 is 0. The Morgan fingerprint density at radius 3 is 2.77 bits per heavy atom. The Hall–Kier alpha value is -1.62. The first-order valence-corrected chi connectivity index (χ1v) is 7.69. The fourth-order valence-electron chi connectivity index (χ4n) is 4.47. The van der Waals surface area contributed by atoms with Gasteiger partial charge in [-0.25, -0.2) is 4.79 Å². The molecule has 0 unspecified atom stereocenters. The molecule has 0 amide bonds. The van der Waals surface area contributed by atoms with Crippen molar-refractivity contribution in [1.29, 1.82) is 0 Å². The van der Waals surface area contributed by atoms with Gasteiger partial charge in [0, 0.05) is 24.8 Å². The maximum Gasteiger partial charge on any atom is 0.334 e. The van der Waals surface area contributed by atoms with E-state index in [1.165, 1.54) is 6.92 Å². The van der Waals surface area contributed by atoms with Crippen molar-refractivity contribution in [1.82, 2.24) is 0 Å². The molecule has 1 saturated heterocycles. The zero-order valence-electron chi connectivity index (χ0n) is 13.0. The molecular formula is C17H22O5. The molecule has 2 aliphatic carbocycles. The summed E-state index contributed by atoms with van der Waals surface area (Å²) in [5, 5.41) is 10.8. The van der Waals surface area contributed by atoms with Gasteiger partial charge >= 0.3 is 11.9 Å². The number of carbonyl (C=O) groups is 2. The van der Waals surface area contributed by atoms with Gasteiger partial charge in [-0.3, -0.25) is 4.79 Å². The molecule has 3 rings (SSSR count). The van der Waals surface area contributed by atoms with Gasteiger partial charge in [-0.15, -0.1) is 0 Å². The zero-order valence-corrected chi connectivity index (χ0v) is 13.0. The summed E-state index contributed by atoms with van der Waals surface area (Å²) in [6, 6.07) is 0. The standard InChI is InChI=1S/C17H22O5/c1-8-7-12(21-10(3)18)13-9(2)16(19)22-15(13)14-11(8)5-6-17(14,4)20/h11-15,20H,1-2,5-7H2,3-4H3/t11-,12-,13+,14-,15+,17+/m0/s1. The minimum absolute atomic E-state index is 0.0711. The maximum absolute atomic E-state index is 12.0. The molecule has 1 heterocycles. The van der Waals surface area contributed by atoms with E-state index in [4.69, 9.17) is 9.47 Å². The molecule has 3 aliphatic rings. The molecule has 3 fully saturated rings. The van der Waals surface area contributed by atoms with Crippen molar-refractivity contribution >= 4 is 11.9 Å². The number of hydrogen-bond acceptors (Lipinski definition) is 5. The Bertz CT molecular complexity index is 561. The summed E-state index contributed by atoms with van der Waals surface area (Å²) in [7, 11) is 0. The average molecular weight is 306 g/mol. The van der Waals surface area contributed by atoms with Gasteiger partial charge in [-0.2, -0.15) is 0 Å². The Balaban J connectivity index is 2.04. The van der Waals surface area contributed by atoms with Crippen LogP contribution in [0.15, 0.2) is 24.3 Å². The van der Waals surface area contributed by atoms with Gasteiger partial charge in [0.15, 0.2) is 0 Å². The van der Waals surface area contributed by atoms with E-state index in [2.05, 4.69) is 13.2 Å². The maximum atomic E-state index is 12.0. The van der Waals surface area contributed by atoms with Crippen molar-refractivity contribution in [3.63, 3.8) is 0 Å². The van der Waals surface area contributed by atoms with Crippen molar-refractivity contribution in [3.8, 4) is 0 Å². The fourth-order valence-corrected chi connectivity index (χ4v) is 4.47. The van der Waals surface area contributed by atoms with Crippen LogP contribution in [0, 0.1) is 17.8 Å². The van der Waals surface area contributed by atoms with E-state index in [0.717, 1.165) is 12.0 Å². The molecule has 5 nitrogen and oxygen atoms in total. The largest absolute Gasteiger partial charge is 0.461 e. The molecular weight excluding hydrogens is 284 g/mol. The summed E-state index contributed by atoms with van der Waals surface area (Å²) in [5.41, 5.74) is 0.353. The van der Waals surface area contributed by atoms with Gasteiger partial charge in [0.1, 0.15) is 12.2 Å². The minimum Gasteiger partial charge on any atom is -0.461 e. The molecule has 0 spiro atoms. The van der Waals surface area contributed by atoms with Crippen molar-refractivity contribution in [2.75, 3.05) is 0 Å². The van der Waals surface area contributed by atoms with E-state index in [9.17, 15) is 14.7 Å². The van der Waals surface area contributed by atoms with Crippen LogP contribution in [-0.4, -0.2) is 34.9 Å². The third-order valence-corrected chi connectivity index (χ3v) is 5.43. The molecule has 6 atom stereocenters. The second kappa shape index (κ2) is 4.95. The van der Waals surface area contributed by atoms with Crippen LogP contribution >= 0.6 is 0 Å². The highest BCUT2D eigenvalue weighted by atomic mass is 16.6. The molecule has 0 aromatic carbocycles. The van der Waals surface area contributed by atoms with Gasteiger partial charge in [0.2, 0.25) is 0 Å². The summed E-state index contributed by atoms with van der Waals surface area (Å²) in [4.78, 5) is 23.4. The van der Waals surface area contributed by atoms with Gasteiger partial charge in [0.25, 0.3) is 0 Å². The van der Waals surface area contributed by atoms with Crippen LogP contribution in [0.1, 0.15) is 33.1 Å². The first-order valence-electron chi connectivity index (χ1n) is 7.69. The lowest BCUT2D eigenvalue weighted by Crippen LogP contribution is -2.44. The van der Waals surface area contributed by atoms with E-state index >= 15 is 0 Å². The zero-order chi connectivity index (χ0) is 16.2.